The molecule has 2 aliphatic rings. The minimum absolute atomic E-state index is 0.0669. The predicted molar refractivity (Wildman–Crippen MR) is 103 cm³/mol. The highest BCUT2D eigenvalue weighted by molar-refractivity contribution is 5.50. The molecule has 2 aromatic carbocycles. The minimum atomic E-state index is -0.450. The summed E-state index contributed by atoms with van der Waals surface area (Å²) >= 11 is 0. The highest BCUT2D eigenvalue weighted by Crippen LogP contribution is 2.35. The zero-order valence-corrected chi connectivity index (χ0v) is 15.6. The van der Waals surface area contributed by atoms with Gasteiger partial charge in [-0.1, -0.05) is 30.3 Å². The minimum Gasteiger partial charge on any atom is -0.467 e. The van der Waals surface area contributed by atoms with E-state index in [4.69, 9.17) is 9.47 Å². The van der Waals surface area contributed by atoms with E-state index in [1.807, 2.05) is 30.3 Å². The van der Waals surface area contributed by atoms with Gasteiger partial charge in [0.25, 0.3) is 5.69 Å². The van der Waals surface area contributed by atoms with Gasteiger partial charge in [0.2, 0.25) is 0 Å². The maximum Gasteiger partial charge on any atom is 0.270 e. The lowest BCUT2D eigenvalue weighted by atomic mass is 9.87. The number of ether oxygens (including phenoxy) is 2. The van der Waals surface area contributed by atoms with Crippen LogP contribution in [0.2, 0.25) is 0 Å². The molecule has 1 saturated heterocycles. The molecule has 0 bridgehead atoms. The van der Waals surface area contributed by atoms with E-state index < -0.39 is 6.10 Å². The summed E-state index contributed by atoms with van der Waals surface area (Å²) in [4.78, 5) is 13.2. The maximum atomic E-state index is 11.3. The molecule has 7 heteroatoms. The fourth-order valence-electron chi connectivity index (χ4n) is 4.09. The Morgan fingerprint density at radius 3 is 2.68 bits per heavy atom. The van der Waals surface area contributed by atoms with Crippen LogP contribution in [0, 0.1) is 16.0 Å². The van der Waals surface area contributed by atoms with Gasteiger partial charge in [-0.05, 0) is 37.4 Å². The number of aliphatic hydroxyl groups is 1. The molecular weight excluding hydrogens is 360 g/mol. The van der Waals surface area contributed by atoms with Crippen molar-refractivity contribution >= 4 is 5.69 Å². The third-order valence-corrected chi connectivity index (χ3v) is 5.60. The number of likely N-dealkylation sites (tertiary alicyclic amines) is 1. The van der Waals surface area contributed by atoms with Crippen LogP contribution < -0.4 is 4.74 Å². The second kappa shape index (κ2) is 8.26. The molecule has 28 heavy (non-hydrogen) atoms. The van der Waals surface area contributed by atoms with Crippen molar-refractivity contribution in [2.24, 2.45) is 5.92 Å². The number of aliphatic hydroxyl groups excluding tert-OH is 1. The monoisotopic (exact) mass is 384 g/mol. The van der Waals surface area contributed by atoms with Crippen molar-refractivity contribution in [3.05, 3.63) is 69.3 Å². The van der Waals surface area contributed by atoms with Gasteiger partial charge in [-0.3, -0.25) is 15.0 Å². The first-order valence-corrected chi connectivity index (χ1v) is 9.58. The summed E-state index contributed by atoms with van der Waals surface area (Å²) in [5, 5.41) is 21.9. The molecule has 0 radical (unpaired) electrons. The number of nitro benzene ring substituents is 1. The van der Waals surface area contributed by atoms with Gasteiger partial charge in [0.15, 0.2) is 6.79 Å². The Balaban J connectivity index is 1.44. The molecule has 2 heterocycles. The molecule has 0 spiro atoms. The number of nitro groups is 1. The van der Waals surface area contributed by atoms with Crippen molar-refractivity contribution in [2.75, 3.05) is 19.9 Å². The zero-order valence-electron chi connectivity index (χ0n) is 15.6. The van der Waals surface area contributed by atoms with E-state index in [9.17, 15) is 15.2 Å². The number of benzene rings is 2. The summed E-state index contributed by atoms with van der Waals surface area (Å²) in [5.41, 5.74) is 2.58. The van der Waals surface area contributed by atoms with Crippen LogP contribution in [0.3, 0.4) is 0 Å². The van der Waals surface area contributed by atoms with E-state index in [1.165, 1.54) is 6.07 Å². The summed E-state index contributed by atoms with van der Waals surface area (Å²) in [6.07, 6.45) is 1.32. The van der Waals surface area contributed by atoms with Gasteiger partial charge >= 0.3 is 0 Å². The average molecular weight is 384 g/mol. The van der Waals surface area contributed by atoms with Gasteiger partial charge in [-0.15, -0.1) is 0 Å². The number of fused-ring (bicyclic) bond motifs is 1. The van der Waals surface area contributed by atoms with Crippen LogP contribution in [0.25, 0.3) is 0 Å². The lowest BCUT2D eigenvalue weighted by Gasteiger charge is -2.35. The summed E-state index contributed by atoms with van der Waals surface area (Å²) < 4.78 is 10.9. The molecule has 4 rings (SSSR count). The molecule has 0 saturated carbocycles. The number of hydrogen-bond acceptors (Lipinski definition) is 6. The van der Waals surface area contributed by atoms with Crippen molar-refractivity contribution in [1.29, 1.82) is 0 Å². The summed E-state index contributed by atoms with van der Waals surface area (Å²) in [6.45, 7) is 2.77. The summed E-state index contributed by atoms with van der Waals surface area (Å²) in [7, 11) is 0. The Kier molecular flexibility index (Phi) is 5.57. The quantitative estimate of drug-likeness (QED) is 0.628. The van der Waals surface area contributed by atoms with Gasteiger partial charge in [0, 0.05) is 29.8 Å². The first-order chi connectivity index (χ1) is 13.6. The standard InChI is InChI=1S/C21H24N2O5/c24-20(15-4-2-1-3-5-15)16-6-8-22(9-7-16)12-17-10-19(23(25)26)11-18-13-27-14-28-21(17)18/h1-5,10-11,16,20,24H,6-9,12-14H2. The molecule has 2 aliphatic heterocycles. The smallest absolute Gasteiger partial charge is 0.270 e. The number of nitrogens with zero attached hydrogens (tertiary/aromatic N) is 2. The fraction of sp³-hybridized carbons (Fsp3) is 0.429. The van der Waals surface area contributed by atoms with Crippen LogP contribution in [0.1, 0.15) is 35.6 Å². The summed E-state index contributed by atoms with van der Waals surface area (Å²) in [5.74, 6) is 0.936. The second-order valence-electron chi connectivity index (χ2n) is 7.43. The van der Waals surface area contributed by atoms with E-state index in [0.29, 0.717) is 18.9 Å². The fourth-order valence-corrected chi connectivity index (χ4v) is 4.09. The van der Waals surface area contributed by atoms with Gasteiger partial charge in [-0.2, -0.15) is 0 Å². The highest BCUT2D eigenvalue weighted by atomic mass is 16.7. The zero-order chi connectivity index (χ0) is 19.5. The van der Waals surface area contributed by atoms with Crippen molar-refractivity contribution in [1.82, 2.24) is 4.90 Å². The first-order valence-electron chi connectivity index (χ1n) is 9.58. The van der Waals surface area contributed by atoms with Crippen molar-refractivity contribution in [3.8, 4) is 5.75 Å². The van der Waals surface area contributed by atoms with E-state index in [2.05, 4.69) is 4.90 Å². The first kappa shape index (κ1) is 18.9. The third kappa shape index (κ3) is 4.01. The van der Waals surface area contributed by atoms with Crippen molar-refractivity contribution in [2.45, 2.75) is 32.1 Å². The number of piperidine rings is 1. The Hall–Kier alpha value is -2.48. The third-order valence-electron chi connectivity index (χ3n) is 5.60. The lowest BCUT2D eigenvalue weighted by Crippen LogP contribution is -2.35. The molecule has 1 atom stereocenters. The molecule has 0 aromatic heterocycles. The van der Waals surface area contributed by atoms with Crippen molar-refractivity contribution in [3.63, 3.8) is 0 Å². The Labute approximate surface area is 163 Å². The Morgan fingerprint density at radius 2 is 1.96 bits per heavy atom. The van der Waals surface area contributed by atoms with Crippen LogP contribution in [-0.4, -0.2) is 34.8 Å². The number of hydrogen-bond donors (Lipinski definition) is 1. The van der Waals surface area contributed by atoms with E-state index >= 15 is 0 Å². The Bertz CT molecular complexity index is 834. The highest BCUT2D eigenvalue weighted by Gasteiger charge is 2.28. The molecule has 1 unspecified atom stereocenters. The second-order valence-corrected chi connectivity index (χ2v) is 7.43. The number of non-ortho nitro benzene ring substituents is 1. The lowest BCUT2D eigenvalue weighted by molar-refractivity contribution is -0.385. The van der Waals surface area contributed by atoms with Gasteiger partial charge in [0.1, 0.15) is 5.75 Å². The normalized spacial score (nSPS) is 18.9. The number of rotatable bonds is 5. The van der Waals surface area contributed by atoms with E-state index in [0.717, 1.165) is 42.6 Å². The molecule has 0 aliphatic carbocycles. The Morgan fingerprint density at radius 1 is 1.21 bits per heavy atom. The van der Waals surface area contributed by atoms with Crippen LogP contribution >= 0.6 is 0 Å². The van der Waals surface area contributed by atoms with Crippen LogP contribution in [0.5, 0.6) is 5.75 Å². The molecule has 1 fully saturated rings. The topological polar surface area (TPSA) is 85.1 Å². The largest absolute Gasteiger partial charge is 0.467 e. The average Bonchev–Trinajstić information content (AvgIpc) is 2.74. The molecular formula is C21H24N2O5. The molecule has 1 N–H and O–H groups in total. The SMILES string of the molecule is O=[N+]([O-])c1cc2c(c(CN3CCC(C(O)c4ccccc4)CC3)c1)OCOC2. The van der Waals surface area contributed by atoms with Crippen LogP contribution in [-0.2, 0) is 17.9 Å². The predicted octanol–water partition coefficient (Wildman–Crippen LogP) is 3.41. The van der Waals surface area contributed by atoms with E-state index in [-0.39, 0.29) is 23.3 Å². The maximum absolute atomic E-state index is 11.3. The van der Waals surface area contributed by atoms with Crippen molar-refractivity contribution < 1.29 is 19.5 Å². The van der Waals surface area contributed by atoms with Gasteiger partial charge in [0.05, 0.1) is 17.6 Å². The molecule has 148 valence electrons. The van der Waals surface area contributed by atoms with Gasteiger partial charge in [-0.25, -0.2) is 0 Å². The van der Waals surface area contributed by atoms with Crippen LogP contribution in [0.4, 0.5) is 5.69 Å². The summed E-state index contributed by atoms with van der Waals surface area (Å²) in [6, 6.07) is 12.9. The molecule has 7 nitrogen and oxygen atoms in total. The van der Waals surface area contributed by atoms with Crippen LogP contribution in [0.15, 0.2) is 42.5 Å². The van der Waals surface area contributed by atoms with E-state index in [1.54, 1.807) is 6.07 Å². The molecule has 0 amide bonds. The van der Waals surface area contributed by atoms with Gasteiger partial charge < -0.3 is 14.6 Å². The molecule has 2 aromatic rings.